The van der Waals surface area contributed by atoms with Crippen LogP contribution in [0.4, 0.5) is 0 Å². The van der Waals surface area contributed by atoms with E-state index in [4.69, 9.17) is 4.63 Å². The van der Waals surface area contributed by atoms with Gasteiger partial charge in [0.25, 0.3) is 5.91 Å². The number of likely N-dealkylation sites (tertiary alicyclic amines) is 1. The second-order valence-corrected chi connectivity index (χ2v) is 9.06. The molecule has 2 fully saturated rings. The van der Waals surface area contributed by atoms with Crippen LogP contribution in [0.2, 0.25) is 0 Å². The number of benzene rings is 1. The smallest absolute Gasteiger partial charge is 0.278 e. The summed E-state index contributed by atoms with van der Waals surface area (Å²) in [6.45, 7) is 8.18. The first-order valence-electron chi connectivity index (χ1n) is 11.5. The number of nitrogens with zero attached hydrogens (tertiary/aromatic N) is 4. The molecule has 2 aliphatic rings. The van der Waals surface area contributed by atoms with E-state index in [1.807, 2.05) is 0 Å². The third-order valence-corrected chi connectivity index (χ3v) is 7.00. The average molecular weight is 411 g/mol. The van der Waals surface area contributed by atoms with Gasteiger partial charge in [-0.3, -0.25) is 4.79 Å². The van der Waals surface area contributed by atoms with Gasteiger partial charge < -0.3 is 9.80 Å². The molecular formula is C24H34N4O2. The summed E-state index contributed by atoms with van der Waals surface area (Å²) in [5, 5.41) is 7.70. The highest BCUT2D eigenvalue weighted by atomic mass is 16.6. The molecule has 2 aromatic rings. The van der Waals surface area contributed by atoms with Gasteiger partial charge in [-0.05, 0) is 81.2 Å². The van der Waals surface area contributed by atoms with Crippen LogP contribution in [0.1, 0.15) is 65.8 Å². The van der Waals surface area contributed by atoms with E-state index < -0.39 is 0 Å². The van der Waals surface area contributed by atoms with Crippen molar-refractivity contribution in [1.29, 1.82) is 0 Å². The van der Waals surface area contributed by atoms with E-state index in [0.717, 1.165) is 58.3 Å². The van der Waals surface area contributed by atoms with E-state index in [1.165, 1.54) is 24.0 Å². The first kappa shape index (κ1) is 21.0. The Labute approximate surface area is 179 Å². The number of piperidine rings is 1. The zero-order valence-electron chi connectivity index (χ0n) is 18.3. The summed E-state index contributed by atoms with van der Waals surface area (Å²) >= 11 is 0. The Balaban J connectivity index is 1.32. The van der Waals surface area contributed by atoms with Crippen LogP contribution in [-0.4, -0.2) is 58.2 Å². The predicted molar refractivity (Wildman–Crippen MR) is 116 cm³/mol. The summed E-state index contributed by atoms with van der Waals surface area (Å²) < 4.78 is 4.80. The van der Waals surface area contributed by atoms with Crippen LogP contribution in [0.15, 0.2) is 28.9 Å². The molecule has 1 saturated carbocycles. The van der Waals surface area contributed by atoms with Crippen LogP contribution in [-0.2, 0) is 6.42 Å². The van der Waals surface area contributed by atoms with Gasteiger partial charge in [0.1, 0.15) is 5.69 Å². The fourth-order valence-electron chi connectivity index (χ4n) is 5.02. The lowest BCUT2D eigenvalue weighted by Crippen LogP contribution is -2.45. The summed E-state index contributed by atoms with van der Waals surface area (Å²) in [6, 6.07) is 9.02. The molecule has 1 amide bonds. The van der Waals surface area contributed by atoms with Crippen molar-refractivity contribution in [3.63, 3.8) is 0 Å². The van der Waals surface area contributed by atoms with E-state index in [-0.39, 0.29) is 5.91 Å². The van der Waals surface area contributed by atoms with Gasteiger partial charge in [0.15, 0.2) is 5.69 Å². The van der Waals surface area contributed by atoms with E-state index in [2.05, 4.69) is 51.3 Å². The van der Waals surface area contributed by atoms with Crippen LogP contribution in [0, 0.1) is 19.8 Å². The molecule has 1 aromatic heterocycles. The fourth-order valence-corrected chi connectivity index (χ4v) is 5.02. The Bertz CT molecular complexity index is 835. The Morgan fingerprint density at radius 3 is 2.50 bits per heavy atom. The monoisotopic (exact) mass is 410 g/mol. The SMILES string of the molecule is Cc1ccccc1CCN1CCC(CN(C(=O)c2nonc2C)C2CCCC2)CC1. The highest BCUT2D eigenvalue weighted by molar-refractivity contribution is 5.93. The van der Waals surface area contributed by atoms with E-state index in [9.17, 15) is 4.79 Å². The Hall–Kier alpha value is -2.21. The zero-order valence-corrected chi connectivity index (χ0v) is 18.3. The molecule has 1 aliphatic carbocycles. The molecule has 162 valence electrons. The molecule has 0 bridgehead atoms. The third kappa shape index (κ3) is 4.91. The maximum atomic E-state index is 13.2. The average Bonchev–Trinajstić information content (AvgIpc) is 3.44. The standard InChI is InChI=1S/C24H34N4O2/c1-18-7-3-4-8-21(18)13-16-27-14-11-20(12-15-27)17-28(22-9-5-6-10-22)24(29)23-19(2)25-30-26-23/h3-4,7-8,20,22H,5-6,9-17H2,1-2H3. The van der Waals surface area contributed by atoms with Crippen molar-refractivity contribution >= 4 is 5.91 Å². The highest BCUT2D eigenvalue weighted by Crippen LogP contribution is 2.28. The number of carbonyl (C=O) groups excluding carboxylic acids is 1. The second-order valence-electron chi connectivity index (χ2n) is 9.06. The zero-order chi connectivity index (χ0) is 20.9. The lowest BCUT2D eigenvalue weighted by molar-refractivity contribution is 0.0587. The van der Waals surface area contributed by atoms with Gasteiger partial charge >= 0.3 is 0 Å². The van der Waals surface area contributed by atoms with Gasteiger partial charge in [0.2, 0.25) is 0 Å². The molecule has 0 spiro atoms. The molecule has 1 aliphatic heterocycles. The topological polar surface area (TPSA) is 62.5 Å². The first-order valence-corrected chi connectivity index (χ1v) is 11.5. The predicted octanol–water partition coefficient (Wildman–Crippen LogP) is 4.03. The van der Waals surface area contributed by atoms with Crippen LogP contribution < -0.4 is 0 Å². The first-order chi connectivity index (χ1) is 14.6. The van der Waals surface area contributed by atoms with Gasteiger partial charge in [-0.15, -0.1) is 0 Å². The quantitative estimate of drug-likeness (QED) is 0.690. The largest absolute Gasteiger partial charge is 0.334 e. The normalized spacial score (nSPS) is 18.7. The van der Waals surface area contributed by atoms with Gasteiger partial charge in [-0.2, -0.15) is 0 Å². The van der Waals surface area contributed by atoms with Crippen LogP contribution in [0.3, 0.4) is 0 Å². The van der Waals surface area contributed by atoms with Crippen molar-refractivity contribution < 1.29 is 9.42 Å². The minimum absolute atomic E-state index is 0.00244. The number of hydrogen-bond donors (Lipinski definition) is 0. The molecular weight excluding hydrogens is 376 g/mol. The molecule has 0 radical (unpaired) electrons. The van der Waals surface area contributed by atoms with Crippen molar-refractivity contribution in [2.45, 2.75) is 64.8 Å². The second kappa shape index (κ2) is 9.73. The molecule has 0 atom stereocenters. The minimum atomic E-state index is 0.00244. The number of hydrogen-bond acceptors (Lipinski definition) is 5. The molecule has 1 saturated heterocycles. The molecule has 0 unspecified atom stereocenters. The van der Waals surface area contributed by atoms with Crippen molar-refractivity contribution in [2.24, 2.45) is 5.92 Å². The lowest BCUT2D eigenvalue weighted by Gasteiger charge is -2.37. The summed E-state index contributed by atoms with van der Waals surface area (Å²) in [5.41, 5.74) is 3.82. The Morgan fingerprint density at radius 2 is 1.83 bits per heavy atom. The Morgan fingerprint density at radius 1 is 1.10 bits per heavy atom. The molecule has 0 N–H and O–H groups in total. The molecule has 6 nitrogen and oxygen atoms in total. The summed E-state index contributed by atoms with van der Waals surface area (Å²) in [6.07, 6.45) is 8.05. The van der Waals surface area contributed by atoms with Crippen molar-refractivity contribution in [3.05, 3.63) is 46.8 Å². The van der Waals surface area contributed by atoms with Gasteiger partial charge in [-0.25, -0.2) is 4.63 Å². The van der Waals surface area contributed by atoms with Gasteiger partial charge in [0, 0.05) is 19.1 Å². The maximum absolute atomic E-state index is 13.2. The van der Waals surface area contributed by atoms with Crippen molar-refractivity contribution in [2.75, 3.05) is 26.2 Å². The number of carbonyl (C=O) groups is 1. The molecule has 30 heavy (non-hydrogen) atoms. The lowest BCUT2D eigenvalue weighted by atomic mass is 9.94. The molecule has 4 rings (SSSR count). The molecule has 2 heterocycles. The minimum Gasteiger partial charge on any atom is -0.334 e. The van der Waals surface area contributed by atoms with Crippen LogP contribution in [0.25, 0.3) is 0 Å². The van der Waals surface area contributed by atoms with E-state index >= 15 is 0 Å². The fraction of sp³-hybridized carbons (Fsp3) is 0.625. The number of aryl methyl sites for hydroxylation is 2. The number of aromatic nitrogens is 2. The summed E-state index contributed by atoms with van der Waals surface area (Å²) in [5.74, 6) is 0.562. The number of rotatable bonds is 7. The maximum Gasteiger partial charge on any atom is 0.278 e. The van der Waals surface area contributed by atoms with Crippen LogP contribution >= 0.6 is 0 Å². The highest BCUT2D eigenvalue weighted by Gasteiger charge is 2.33. The van der Waals surface area contributed by atoms with Crippen LogP contribution in [0.5, 0.6) is 0 Å². The van der Waals surface area contributed by atoms with Crippen molar-refractivity contribution in [1.82, 2.24) is 20.1 Å². The van der Waals surface area contributed by atoms with Crippen molar-refractivity contribution in [3.8, 4) is 0 Å². The Kier molecular flexibility index (Phi) is 6.82. The number of amides is 1. The van der Waals surface area contributed by atoms with Gasteiger partial charge in [0.05, 0.1) is 0 Å². The summed E-state index contributed by atoms with van der Waals surface area (Å²) in [4.78, 5) is 17.9. The third-order valence-electron chi connectivity index (χ3n) is 7.00. The van der Waals surface area contributed by atoms with Gasteiger partial charge in [-0.1, -0.05) is 42.3 Å². The molecule has 1 aromatic carbocycles. The summed E-state index contributed by atoms with van der Waals surface area (Å²) in [7, 11) is 0. The van der Waals surface area contributed by atoms with E-state index in [0.29, 0.717) is 23.3 Å². The molecule has 6 heteroatoms. The van der Waals surface area contributed by atoms with E-state index in [1.54, 1.807) is 6.92 Å².